The summed E-state index contributed by atoms with van der Waals surface area (Å²) in [6, 6.07) is 15.2. The number of aromatic nitrogens is 2. The molecule has 1 amide bonds. The topological polar surface area (TPSA) is 65.4 Å². The van der Waals surface area contributed by atoms with Crippen LogP contribution in [0.25, 0.3) is 6.08 Å². The number of benzene rings is 2. The molecule has 0 saturated heterocycles. The van der Waals surface area contributed by atoms with E-state index in [4.69, 9.17) is 9.47 Å². The molecular weight excluding hydrogens is 378 g/mol. The molecule has 0 radical (unpaired) electrons. The Morgan fingerprint density at radius 1 is 1.17 bits per heavy atom. The minimum Gasteiger partial charge on any atom is -0.493 e. The van der Waals surface area contributed by atoms with Gasteiger partial charge in [0, 0.05) is 24.2 Å². The molecular formula is C24H27N3O3. The van der Waals surface area contributed by atoms with Gasteiger partial charge in [0.2, 0.25) is 5.91 Å². The number of unbranched alkanes of at least 4 members (excludes halogenated alkanes) is 1. The predicted octanol–water partition coefficient (Wildman–Crippen LogP) is 4.77. The molecule has 0 aliphatic carbocycles. The van der Waals surface area contributed by atoms with Gasteiger partial charge in [-0.25, -0.2) is 0 Å². The highest BCUT2D eigenvalue weighted by atomic mass is 16.5. The van der Waals surface area contributed by atoms with E-state index >= 15 is 0 Å². The van der Waals surface area contributed by atoms with E-state index in [1.807, 2.05) is 59.4 Å². The Hall–Kier alpha value is -3.54. The van der Waals surface area contributed by atoms with Crippen LogP contribution < -0.4 is 14.8 Å². The monoisotopic (exact) mass is 405 g/mol. The molecule has 156 valence electrons. The van der Waals surface area contributed by atoms with Crippen molar-refractivity contribution in [2.75, 3.05) is 19.0 Å². The van der Waals surface area contributed by atoms with E-state index in [1.165, 1.54) is 6.08 Å². The maximum atomic E-state index is 12.3. The zero-order valence-electron chi connectivity index (χ0n) is 17.4. The van der Waals surface area contributed by atoms with Gasteiger partial charge in [0.1, 0.15) is 0 Å². The van der Waals surface area contributed by atoms with Crippen LogP contribution >= 0.6 is 0 Å². The number of nitrogens with one attached hydrogen (secondary N) is 1. The second-order valence-electron chi connectivity index (χ2n) is 6.84. The number of carbonyl (C=O) groups is 1. The van der Waals surface area contributed by atoms with Crippen molar-refractivity contribution in [2.45, 2.75) is 26.3 Å². The minimum absolute atomic E-state index is 0.200. The highest BCUT2D eigenvalue weighted by Crippen LogP contribution is 2.28. The van der Waals surface area contributed by atoms with Crippen LogP contribution in [0.2, 0.25) is 0 Å². The first kappa shape index (κ1) is 21.2. The molecule has 0 atom stereocenters. The van der Waals surface area contributed by atoms with Crippen LogP contribution in [0.4, 0.5) is 5.69 Å². The summed E-state index contributed by atoms with van der Waals surface area (Å²) < 4.78 is 13.0. The molecule has 3 aromatic rings. The highest BCUT2D eigenvalue weighted by molar-refractivity contribution is 6.02. The summed E-state index contributed by atoms with van der Waals surface area (Å²) in [4.78, 5) is 12.3. The number of hydrogen-bond acceptors (Lipinski definition) is 4. The lowest BCUT2D eigenvalue weighted by molar-refractivity contribution is -0.111. The van der Waals surface area contributed by atoms with Crippen molar-refractivity contribution in [3.8, 4) is 11.5 Å². The van der Waals surface area contributed by atoms with E-state index in [1.54, 1.807) is 19.4 Å². The second kappa shape index (κ2) is 10.9. The van der Waals surface area contributed by atoms with Crippen LogP contribution in [0.15, 0.2) is 67.0 Å². The van der Waals surface area contributed by atoms with Crippen molar-refractivity contribution < 1.29 is 14.3 Å². The molecule has 6 heteroatoms. The van der Waals surface area contributed by atoms with Gasteiger partial charge in [-0.1, -0.05) is 31.5 Å². The molecule has 6 nitrogen and oxygen atoms in total. The molecule has 30 heavy (non-hydrogen) atoms. The van der Waals surface area contributed by atoms with E-state index in [-0.39, 0.29) is 5.91 Å². The fourth-order valence-corrected chi connectivity index (χ4v) is 2.92. The van der Waals surface area contributed by atoms with Crippen molar-refractivity contribution in [1.82, 2.24) is 9.78 Å². The average Bonchev–Trinajstić information content (AvgIpc) is 3.26. The summed E-state index contributed by atoms with van der Waals surface area (Å²) in [5.41, 5.74) is 2.66. The van der Waals surface area contributed by atoms with Crippen LogP contribution in [0.3, 0.4) is 0 Å². The van der Waals surface area contributed by atoms with Crippen molar-refractivity contribution in [3.63, 3.8) is 0 Å². The largest absolute Gasteiger partial charge is 0.493 e. The third-order valence-electron chi connectivity index (χ3n) is 4.47. The van der Waals surface area contributed by atoms with Gasteiger partial charge in [-0.3, -0.25) is 9.48 Å². The van der Waals surface area contributed by atoms with E-state index in [2.05, 4.69) is 17.3 Å². The van der Waals surface area contributed by atoms with Crippen LogP contribution in [0, 0.1) is 0 Å². The molecule has 0 unspecified atom stereocenters. The Labute approximate surface area is 177 Å². The quantitative estimate of drug-likeness (QED) is 0.390. The van der Waals surface area contributed by atoms with Gasteiger partial charge >= 0.3 is 0 Å². The van der Waals surface area contributed by atoms with E-state index in [0.717, 1.165) is 29.7 Å². The lowest BCUT2D eigenvalue weighted by Gasteiger charge is -2.11. The minimum atomic E-state index is -0.200. The Balaban J connectivity index is 1.60. The van der Waals surface area contributed by atoms with Gasteiger partial charge in [0.05, 0.1) is 20.3 Å². The Kier molecular flexibility index (Phi) is 7.66. The van der Waals surface area contributed by atoms with Crippen LogP contribution in [-0.2, 0) is 11.3 Å². The maximum Gasteiger partial charge on any atom is 0.248 e. The smallest absolute Gasteiger partial charge is 0.248 e. The molecule has 2 aromatic carbocycles. The molecule has 1 heterocycles. The first-order chi connectivity index (χ1) is 14.7. The molecule has 0 aliphatic heterocycles. The summed E-state index contributed by atoms with van der Waals surface area (Å²) in [5.74, 6) is 1.16. The molecule has 0 aliphatic rings. The fraction of sp³-hybridized carbons (Fsp3) is 0.250. The molecule has 0 bridgehead atoms. The summed E-state index contributed by atoms with van der Waals surface area (Å²) in [7, 11) is 1.61. The van der Waals surface area contributed by atoms with Crippen LogP contribution in [0.1, 0.15) is 30.9 Å². The Bertz CT molecular complexity index is 981. The predicted molar refractivity (Wildman–Crippen MR) is 119 cm³/mol. The SMILES string of the molecule is CCCCOc1ccc(/C=C/C(=O)Nc2cccc(Cn3cccn3)c2)cc1OC. The third-order valence-corrected chi connectivity index (χ3v) is 4.47. The van der Waals surface area contributed by atoms with Gasteiger partial charge in [-0.2, -0.15) is 5.10 Å². The van der Waals surface area contributed by atoms with Crippen molar-refractivity contribution in [2.24, 2.45) is 0 Å². The lowest BCUT2D eigenvalue weighted by atomic mass is 10.1. The maximum absolute atomic E-state index is 12.3. The number of nitrogens with zero attached hydrogens (tertiary/aromatic N) is 2. The van der Waals surface area contributed by atoms with E-state index in [0.29, 0.717) is 24.7 Å². The average molecular weight is 405 g/mol. The van der Waals surface area contributed by atoms with Gasteiger partial charge in [0.15, 0.2) is 11.5 Å². The standard InChI is InChI=1S/C24H27N3O3/c1-3-4-15-30-22-11-9-19(17-23(22)29-2)10-12-24(28)26-21-8-5-7-20(16-21)18-27-14-6-13-25-27/h5-14,16-17H,3-4,15,18H2,1-2H3,(H,26,28)/b12-10+. The number of hydrogen-bond donors (Lipinski definition) is 1. The number of ether oxygens (including phenoxy) is 2. The molecule has 1 N–H and O–H groups in total. The zero-order chi connectivity index (χ0) is 21.2. The molecule has 1 aromatic heterocycles. The van der Waals surface area contributed by atoms with Crippen molar-refractivity contribution >= 4 is 17.7 Å². The normalized spacial score (nSPS) is 10.9. The highest BCUT2D eigenvalue weighted by Gasteiger charge is 2.05. The zero-order valence-corrected chi connectivity index (χ0v) is 17.4. The van der Waals surface area contributed by atoms with E-state index in [9.17, 15) is 4.79 Å². The number of anilines is 1. The third kappa shape index (κ3) is 6.24. The first-order valence-electron chi connectivity index (χ1n) is 10.0. The van der Waals surface area contributed by atoms with Crippen LogP contribution in [-0.4, -0.2) is 29.4 Å². The summed E-state index contributed by atoms with van der Waals surface area (Å²) in [5, 5.41) is 7.10. The fourth-order valence-electron chi connectivity index (χ4n) is 2.92. The summed E-state index contributed by atoms with van der Waals surface area (Å²) in [6.07, 6.45) is 8.98. The van der Waals surface area contributed by atoms with E-state index < -0.39 is 0 Å². The number of carbonyl (C=O) groups excluding carboxylic acids is 1. The number of amides is 1. The molecule has 0 saturated carbocycles. The van der Waals surface area contributed by atoms with Crippen molar-refractivity contribution in [3.05, 3.63) is 78.1 Å². The molecule has 3 rings (SSSR count). The molecule has 0 spiro atoms. The first-order valence-corrected chi connectivity index (χ1v) is 10.0. The number of methoxy groups -OCH3 is 1. The van der Waals surface area contributed by atoms with Gasteiger partial charge < -0.3 is 14.8 Å². The lowest BCUT2D eigenvalue weighted by Crippen LogP contribution is -2.08. The summed E-state index contributed by atoms with van der Waals surface area (Å²) in [6.45, 7) is 3.43. The van der Waals surface area contributed by atoms with Gasteiger partial charge in [-0.05, 0) is 54.0 Å². The second-order valence-corrected chi connectivity index (χ2v) is 6.84. The summed E-state index contributed by atoms with van der Waals surface area (Å²) >= 11 is 0. The number of rotatable bonds is 10. The van der Waals surface area contributed by atoms with Crippen molar-refractivity contribution in [1.29, 1.82) is 0 Å². The van der Waals surface area contributed by atoms with Gasteiger partial charge in [0.25, 0.3) is 0 Å². The Morgan fingerprint density at radius 2 is 2.07 bits per heavy atom. The van der Waals surface area contributed by atoms with Crippen LogP contribution in [0.5, 0.6) is 11.5 Å². The molecule has 0 fully saturated rings. The van der Waals surface area contributed by atoms with Gasteiger partial charge in [-0.15, -0.1) is 0 Å². The Morgan fingerprint density at radius 3 is 2.83 bits per heavy atom.